The van der Waals surface area contributed by atoms with Gasteiger partial charge in [0.05, 0.1) is 17.8 Å². The van der Waals surface area contributed by atoms with Gasteiger partial charge in [-0.2, -0.15) is 0 Å². The van der Waals surface area contributed by atoms with Gasteiger partial charge in [0.1, 0.15) is 9.53 Å². The normalized spacial score (nSPS) is 11.2. The van der Waals surface area contributed by atoms with Crippen LogP contribution in [0.15, 0.2) is 88.9 Å². The Kier molecular flexibility index (Phi) is 6.19. The van der Waals surface area contributed by atoms with Crippen LogP contribution in [0.3, 0.4) is 0 Å². The second-order valence-electron chi connectivity index (χ2n) is 7.46. The summed E-state index contributed by atoms with van der Waals surface area (Å²) in [7, 11) is 0. The van der Waals surface area contributed by atoms with E-state index in [-0.39, 0.29) is 17.2 Å². The highest BCUT2D eigenvalue weighted by Crippen LogP contribution is 2.30. The fraction of sp³-hybridized carbons (Fsp3) is 0.120. The number of amides is 1. The number of hydrogen-bond acceptors (Lipinski definition) is 6. The van der Waals surface area contributed by atoms with Crippen LogP contribution in [-0.4, -0.2) is 26.2 Å². The summed E-state index contributed by atoms with van der Waals surface area (Å²) in [6, 6.07) is 23.3. The lowest BCUT2D eigenvalue weighted by Gasteiger charge is -2.12. The van der Waals surface area contributed by atoms with Crippen LogP contribution in [0.4, 0.5) is 0 Å². The molecule has 0 aliphatic rings. The van der Waals surface area contributed by atoms with E-state index in [1.54, 1.807) is 10.8 Å². The maximum Gasteiger partial charge on any atom is 0.272 e. The SMILES string of the molecule is O=C(CSc1nc2c(sc3ncccc32)c(=O)n1Cc1ccccc1)NCc1ccccc1. The van der Waals surface area contributed by atoms with Gasteiger partial charge in [0.2, 0.25) is 5.91 Å². The minimum absolute atomic E-state index is 0.110. The zero-order chi connectivity index (χ0) is 22.6. The number of thiophene rings is 1. The third-order valence-corrected chi connectivity index (χ3v) is 7.23. The van der Waals surface area contributed by atoms with Crippen LogP contribution in [0.2, 0.25) is 0 Å². The van der Waals surface area contributed by atoms with Crippen molar-refractivity contribution in [1.29, 1.82) is 0 Å². The van der Waals surface area contributed by atoms with E-state index in [4.69, 9.17) is 4.98 Å². The molecular weight excluding hydrogens is 452 g/mol. The highest BCUT2D eigenvalue weighted by molar-refractivity contribution is 7.99. The number of benzene rings is 2. The molecular formula is C25H20N4O2S2. The number of rotatable bonds is 7. The summed E-state index contributed by atoms with van der Waals surface area (Å²) in [5.74, 6) is 0.0567. The molecule has 0 aliphatic carbocycles. The molecule has 6 nitrogen and oxygen atoms in total. The van der Waals surface area contributed by atoms with Crippen LogP contribution in [-0.2, 0) is 17.9 Å². The molecule has 5 aromatic rings. The van der Waals surface area contributed by atoms with Crippen molar-refractivity contribution in [3.8, 4) is 0 Å². The topological polar surface area (TPSA) is 76.9 Å². The average molecular weight is 473 g/mol. The van der Waals surface area contributed by atoms with Crippen molar-refractivity contribution in [3.63, 3.8) is 0 Å². The number of hydrogen-bond donors (Lipinski definition) is 1. The smallest absolute Gasteiger partial charge is 0.272 e. The third kappa shape index (κ3) is 4.67. The van der Waals surface area contributed by atoms with Gasteiger partial charge in [0.25, 0.3) is 5.56 Å². The molecule has 0 spiro atoms. The van der Waals surface area contributed by atoms with Gasteiger partial charge in [0, 0.05) is 18.1 Å². The first-order valence-electron chi connectivity index (χ1n) is 10.4. The standard InChI is InChI=1S/C25H20N4O2S2/c30-20(27-14-17-8-3-1-4-9-17)16-32-25-28-21-19-12-7-13-26-23(19)33-22(21)24(31)29(25)15-18-10-5-2-6-11-18/h1-13H,14-16H2,(H,27,30). The van der Waals surface area contributed by atoms with Gasteiger partial charge in [-0.15, -0.1) is 11.3 Å². The number of nitrogens with one attached hydrogen (secondary N) is 1. The highest BCUT2D eigenvalue weighted by Gasteiger charge is 2.18. The molecule has 3 heterocycles. The number of pyridine rings is 1. The number of fused-ring (bicyclic) bond motifs is 3. The van der Waals surface area contributed by atoms with Crippen molar-refractivity contribution in [2.24, 2.45) is 0 Å². The largest absolute Gasteiger partial charge is 0.351 e. The summed E-state index contributed by atoms with van der Waals surface area (Å²) < 4.78 is 2.24. The Morgan fingerprint density at radius 1 is 0.970 bits per heavy atom. The summed E-state index contributed by atoms with van der Waals surface area (Å²) in [5, 5.41) is 4.31. The summed E-state index contributed by atoms with van der Waals surface area (Å²) in [6.45, 7) is 0.850. The van der Waals surface area contributed by atoms with E-state index in [0.717, 1.165) is 21.3 Å². The Hall–Kier alpha value is -3.49. The van der Waals surface area contributed by atoms with Gasteiger partial charge in [-0.05, 0) is 23.3 Å². The van der Waals surface area contributed by atoms with E-state index in [2.05, 4.69) is 10.3 Å². The highest BCUT2D eigenvalue weighted by atomic mass is 32.2. The van der Waals surface area contributed by atoms with Crippen LogP contribution in [0, 0.1) is 0 Å². The molecule has 0 aliphatic heterocycles. The molecule has 2 aromatic carbocycles. The first kappa shape index (κ1) is 21.4. The van der Waals surface area contributed by atoms with Crippen LogP contribution >= 0.6 is 23.1 Å². The van der Waals surface area contributed by atoms with E-state index in [1.807, 2.05) is 72.8 Å². The Balaban J connectivity index is 1.46. The number of carbonyl (C=O) groups excluding carboxylic acids is 1. The zero-order valence-corrected chi connectivity index (χ0v) is 19.2. The summed E-state index contributed by atoms with van der Waals surface area (Å²) >= 11 is 2.63. The second-order valence-corrected chi connectivity index (χ2v) is 9.40. The average Bonchev–Trinajstić information content (AvgIpc) is 3.23. The molecule has 8 heteroatoms. The van der Waals surface area contributed by atoms with Gasteiger partial charge in [-0.3, -0.25) is 14.2 Å². The van der Waals surface area contributed by atoms with Gasteiger partial charge in [0.15, 0.2) is 5.16 Å². The van der Waals surface area contributed by atoms with Crippen molar-refractivity contribution < 1.29 is 4.79 Å². The van der Waals surface area contributed by atoms with Crippen LogP contribution in [0.5, 0.6) is 0 Å². The second kappa shape index (κ2) is 9.56. The van der Waals surface area contributed by atoms with Crippen molar-refractivity contribution in [1.82, 2.24) is 19.9 Å². The molecule has 1 amide bonds. The van der Waals surface area contributed by atoms with Crippen LogP contribution in [0.25, 0.3) is 20.4 Å². The number of carbonyl (C=O) groups is 1. The van der Waals surface area contributed by atoms with E-state index in [9.17, 15) is 9.59 Å². The number of thioether (sulfide) groups is 1. The molecule has 0 bridgehead atoms. The monoisotopic (exact) mass is 472 g/mol. The van der Waals surface area contributed by atoms with E-state index >= 15 is 0 Å². The Labute approximate surface area is 198 Å². The minimum atomic E-state index is -0.112. The van der Waals surface area contributed by atoms with Crippen molar-refractivity contribution in [2.75, 3.05) is 5.75 Å². The van der Waals surface area contributed by atoms with Crippen LogP contribution < -0.4 is 10.9 Å². The molecule has 0 radical (unpaired) electrons. The third-order valence-electron chi connectivity index (χ3n) is 5.17. The van der Waals surface area contributed by atoms with Gasteiger partial charge in [-0.25, -0.2) is 9.97 Å². The first-order valence-corrected chi connectivity index (χ1v) is 12.2. The maximum atomic E-state index is 13.5. The molecule has 1 N–H and O–H groups in total. The van der Waals surface area contributed by atoms with E-state index in [0.29, 0.717) is 28.5 Å². The van der Waals surface area contributed by atoms with Gasteiger partial charge in [-0.1, -0.05) is 72.4 Å². The van der Waals surface area contributed by atoms with Gasteiger partial charge < -0.3 is 5.32 Å². The Bertz CT molecular complexity index is 1480. The minimum Gasteiger partial charge on any atom is -0.351 e. The molecule has 0 saturated heterocycles. The summed E-state index contributed by atoms with van der Waals surface area (Å²) in [4.78, 5) is 36.0. The quantitative estimate of drug-likeness (QED) is 0.280. The van der Waals surface area contributed by atoms with Crippen LogP contribution in [0.1, 0.15) is 11.1 Å². The Morgan fingerprint density at radius 2 is 1.70 bits per heavy atom. The lowest BCUT2D eigenvalue weighted by Crippen LogP contribution is -2.26. The summed E-state index contributed by atoms with van der Waals surface area (Å²) in [5.41, 5.74) is 2.56. The molecule has 33 heavy (non-hydrogen) atoms. The molecule has 0 fully saturated rings. The zero-order valence-electron chi connectivity index (χ0n) is 17.6. The molecule has 0 unspecified atom stereocenters. The van der Waals surface area contributed by atoms with Crippen molar-refractivity contribution >= 4 is 49.4 Å². The molecule has 0 atom stereocenters. The fourth-order valence-electron chi connectivity index (χ4n) is 3.53. The van der Waals surface area contributed by atoms with E-state index in [1.165, 1.54) is 23.1 Å². The lowest BCUT2D eigenvalue weighted by molar-refractivity contribution is -0.118. The Morgan fingerprint density at radius 3 is 2.45 bits per heavy atom. The fourth-order valence-corrected chi connectivity index (χ4v) is 5.39. The molecule has 0 saturated carbocycles. The molecule has 164 valence electrons. The predicted molar refractivity (Wildman–Crippen MR) is 134 cm³/mol. The maximum absolute atomic E-state index is 13.5. The number of aromatic nitrogens is 3. The van der Waals surface area contributed by atoms with Gasteiger partial charge >= 0.3 is 0 Å². The molecule has 5 rings (SSSR count). The lowest BCUT2D eigenvalue weighted by atomic mass is 10.2. The number of nitrogens with zero attached hydrogens (tertiary/aromatic N) is 3. The van der Waals surface area contributed by atoms with Crippen molar-refractivity contribution in [3.05, 3.63) is 100 Å². The first-order chi connectivity index (χ1) is 16.2. The molecule has 3 aromatic heterocycles. The predicted octanol–water partition coefficient (Wildman–Crippen LogP) is 4.46. The summed E-state index contributed by atoms with van der Waals surface area (Å²) in [6.07, 6.45) is 1.72. The van der Waals surface area contributed by atoms with E-state index < -0.39 is 0 Å². The van der Waals surface area contributed by atoms with Crippen molar-refractivity contribution in [2.45, 2.75) is 18.2 Å².